The van der Waals surface area contributed by atoms with Crippen molar-refractivity contribution in [1.82, 2.24) is 0 Å². The van der Waals surface area contributed by atoms with Crippen molar-refractivity contribution in [1.29, 1.82) is 0 Å². The Hall–Kier alpha value is -7.02. The fourth-order valence-electron chi connectivity index (χ4n) is 11.4. The molecule has 0 aliphatic heterocycles. The summed E-state index contributed by atoms with van der Waals surface area (Å²) in [5.74, 6) is 0.472. The molecule has 0 fully saturated rings. The maximum Gasteiger partial charge on any atom is 0.0281 e. The summed E-state index contributed by atoms with van der Waals surface area (Å²) in [4.78, 5) is 0. The van der Waals surface area contributed by atoms with Gasteiger partial charge in [0, 0.05) is 5.92 Å². The van der Waals surface area contributed by atoms with Crippen molar-refractivity contribution in [3.63, 3.8) is 0 Å². The Morgan fingerprint density at radius 3 is 1.23 bits per heavy atom. The zero-order valence-corrected chi connectivity index (χ0v) is 33.5. The second-order valence-corrected chi connectivity index (χ2v) is 17.5. The van der Waals surface area contributed by atoms with Gasteiger partial charge >= 0.3 is 0 Å². The van der Waals surface area contributed by atoms with Crippen LogP contribution in [0.25, 0.3) is 61.7 Å². The lowest BCUT2D eigenvalue weighted by molar-refractivity contribution is 1.02. The van der Waals surface area contributed by atoms with Crippen molar-refractivity contribution in [3.05, 3.63) is 254 Å². The molecule has 0 N–H and O–H groups in total. The van der Waals surface area contributed by atoms with Crippen LogP contribution in [0.2, 0.25) is 0 Å². The van der Waals surface area contributed by atoms with Crippen LogP contribution in [0.4, 0.5) is 0 Å². The molecule has 15 rings (SSSR count). The first-order chi connectivity index (χ1) is 29.7. The third-order valence-corrected chi connectivity index (χ3v) is 14.2. The molecule has 0 amide bonds. The zero-order valence-electron chi connectivity index (χ0n) is 33.5. The first-order valence-electron chi connectivity index (χ1n) is 21.7. The van der Waals surface area contributed by atoms with Gasteiger partial charge in [0.25, 0.3) is 0 Å². The van der Waals surface area contributed by atoms with Gasteiger partial charge in [-0.3, -0.25) is 0 Å². The van der Waals surface area contributed by atoms with Gasteiger partial charge in [-0.15, -0.1) is 0 Å². The lowest BCUT2D eigenvalue weighted by Crippen LogP contribution is -2.00. The predicted molar refractivity (Wildman–Crippen MR) is 256 cm³/mol. The summed E-state index contributed by atoms with van der Waals surface area (Å²) >= 11 is 0. The van der Waals surface area contributed by atoms with E-state index in [9.17, 15) is 0 Å². The van der Waals surface area contributed by atoms with Gasteiger partial charge in [0.05, 0.1) is 0 Å². The Bertz CT molecular complexity index is 3090. The minimum atomic E-state index is 0. The Morgan fingerprint density at radius 2 is 0.738 bits per heavy atom. The van der Waals surface area contributed by atoms with E-state index in [-0.39, 0.29) is 7.43 Å². The molecule has 0 radical (unpaired) electrons. The van der Waals surface area contributed by atoms with E-state index in [2.05, 4.69) is 188 Å². The summed E-state index contributed by atoms with van der Waals surface area (Å²) < 4.78 is 0. The molecule has 7 aliphatic rings. The van der Waals surface area contributed by atoms with E-state index >= 15 is 0 Å². The van der Waals surface area contributed by atoms with Crippen molar-refractivity contribution in [2.24, 2.45) is 0 Å². The van der Waals surface area contributed by atoms with E-state index in [0.29, 0.717) is 5.92 Å². The van der Waals surface area contributed by atoms with Gasteiger partial charge in [-0.25, -0.2) is 0 Å². The van der Waals surface area contributed by atoms with E-state index in [4.69, 9.17) is 0 Å². The number of hydrogen-bond acceptors (Lipinski definition) is 0. The van der Waals surface area contributed by atoms with E-state index < -0.39 is 0 Å². The largest absolute Gasteiger partial charge is 0.0776 e. The monoisotopic (exact) mass is 778 g/mol. The molecule has 0 aromatic heterocycles. The third kappa shape index (κ3) is 5.66. The minimum absolute atomic E-state index is 0. The average Bonchev–Trinajstić information content (AvgIpc) is 4.15. The molecule has 0 saturated heterocycles. The van der Waals surface area contributed by atoms with Crippen molar-refractivity contribution < 1.29 is 0 Å². The molecule has 61 heavy (non-hydrogen) atoms. The molecular formula is C61H46. The number of allylic oxidation sites excluding steroid dienone is 5. The highest BCUT2D eigenvalue weighted by Crippen LogP contribution is 2.49. The fourth-order valence-corrected chi connectivity index (χ4v) is 11.4. The molecule has 0 saturated carbocycles. The van der Waals surface area contributed by atoms with Crippen LogP contribution in [0.15, 0.2) is 188 Å². The van der Waals surface area contributed by atoms with Gasteiger partial charge < -0.3 is 0 Å². The summed E-state index contributed by atoms with van der Waals surface area (Å²) in [6.07, 6.45) is 16.7. The van der Waals surface area contributed by atoms with Crippen LogP contribution in [-0.4, -0.2) is 0 Å². The van der Waals surface area contributed by atoms with Gasteiger partial charge in [-0.05, 0) is 178 Å². The van der Waals surface area contributed by atoms with Crippen LogP contribution >= 0.6 is 0 Å². The molecule has 8 aromatic carbocycles. The highest BCUT2D eigenvalue weighted by Gasteiger charge is 2.31. The summed E-state index contributed by atoms with van der Waals surface area (Å²) in [5, 5.41) is 0. The second-order valence-electron chi connectivity index (χ2n) is 17.5. The number of hydrogen-bond donors (Lipinski definition) is 0. The van der Waals surface area contributed by atoms with E-state index in [1.54, 1.807) is 5.56 Å². The lowest BCUT2D eigenvalue weighted by Gasteiger charge is -2.16. The van der Waals surface area contributed by atoms with Crippen LogP contribution in [0.5, 0.6) is 0 Å². The van der Waals surface area contributed by atoms with Crippen LogP contribution < -0.4 is 0 Å². The summed E-state index contributed by atoms with van der Waals surface area (Å²) in [6, 6.07) is 58.4. The summed E-state index contributed by atoms with van der Waals surface area (Å²) in [6.45, 7) is 0. The second kappa shape index (κ2) is 14.0. The average molecular weight is 779 g/mol. The molecule has 0 heterocycles. The molecule has 290 valence electrons. The van der Waals surface area contributed by atoms with Crippen LogP contribution in [0, 0.1) is 0 Å². The molecule has 1 atom stereocenters. The highest BCUT2D eigenvalue weighted by atomic mass is 14.3. The molecule has 0 bridgehead atoms. The topological polar surface area (TPSA) is 0 Å². The smallest absolute Gasteiger partial charge is 0.0281 e. The van der Waals surface area contributed by atoms with Gasteiger partial charge in [0.2, 0.25) is 0 Å². The standard InChI is InChI=1S/3C20H14.CH4/c1-3-7-16-14(6-1)12-19-18(16)10-9-15-11-13-5-2-4-8-17(13)20(15)19;1-3-7-17-13(5-1)9-15-11-20-16(12-19(15)17)10-14-6-2-4-8-18(14)20;1-3-7-17-13(5-1)9-15-11-16-10-14-6-2-4-8-18(14)20(16)12-19(15)17;/h1-11,17H,12H2;2*1-8,11-12H,9-10H2;1H4. The molecular weight excluding hydrogens is 733 g/mol. The third-order valence-electron chi connectivity index (χ3n) is 14.2. The number of fused-ring (bicyclic) bond motifs is 19. The van der Waals surface area contributed by atoms with Gasteiger partial charge in [-0.2, -0.15) is 0 Å². The Kier molecular flexibility index (Phi) is 8.26. The maximum atomic E-state index is 2.44. The van der Waals surface area contributed by atoms with Crippen molar-refractivity contribution in [2.75, 3.05) is 0 Å². The first-order valence-corrected chi connectivity index (χ1v) is 21.7. The Labute approximate surface area is 359 Å². The number of benzene rings is 8. The van der Waals surface area contributed by atoms with Gasteiger partial charge in [0.15, 0.2) is 0 Å². The fraction of sp³-hybridized carbons (Fsp3) is 0.115. The van der Waals surface area contributed by atoms with Crippen molar-refractivity contribution in [3.8, 4) is 55.6 Å². The van der Waals surface area contributed by atoms with Crippen LogP contribution in [0.1, 0.15) is 80.1 Å². The normalized spacial score (nSPS) is 15.5. The van der Waals surface area contributed by atoms with Crippen molar-refractivity contribution in [2.45, 2.75) is 45.4 Å². The predicted octanol–water partition coefficient (Wildman–Crippen LogP) is 15.2. The molecule has 0 spiro atoms. The Balaban J connectivity index is 0.0000000973. The van der Waals surface area contributed by atoms with E-state index in [0.717, 1.165) is 32.1 Å². The molecule has 8 aromatic rings. The van der Waals surface area contributed by atoms with Crippen LogP contribution in [0.3, 0.4) is 0 Å². The molecule has 1 unspecified atom stereocenters. The number of rotatable bonds is 0. The van der Waals surface area contributed by atoms with Gasteiger partial charge in [0.1, 0.15) is 0 Å². The highest BCUT2D eigenvalue weighted by molar-refractivity contribution is 5.88. The SMILES string of the molecule is C.C1=CC2=Cc3ccc4c(c3C2C=C1)Cc1ccccc1-4.c1ccc2c(c1)Cc1cc3c(cc1-2)-c1ccccc1C3.c1ccc2c(c1)Cc1cc3c(cc1-2)Cc1ccccc1-3. The van der Waals surface area contributed by atoms with Crippen LogP contribution in [-0.2, 0) is 32.1 Å². The molecule has 7 aliphatic carbocycles. The molecule has 0 nitrogen and oxygen atoms in total. The zero-order chi connectivity index (χ0) is 39.3. The van der Waals surface area contributed by atoms with E-state index in [1.807, 2.05) is 0 Å². The van der Waals surface area contributed by atoms with E-state index in [1.165, 1.54) is 122 Å². The summed E-state index contributed by atoms with van der Waals surface area (Å²) in [7, 11) is 0. The van der Waals surface area contributed by atoms with Gasteiger partial charge in [-0.1, -0.05) is 177 Å². The lowest BCUT2D eigenvalue weighted by atomic mass is 9.87. The Morgan fingerprint density at radius 1 is 0.328 bits per heavy atom. The first kappa shape index (κ1) is 35.9. The van der Waals surface area contributed by atoms with Crippen molar-refractivity contribution >= 4 is 6.08 Å². The molecule has 0 heteroatoms. The maximum absolute atomic E-state index is 2.44. The quantitative estimate of drug-likeness (QED) is 0.144. The summed E-state index contributed by atoms with van der Waals surface area (Å²) in [5.41, 5.74) is 33.6. The minimum Gasteiger partial charge on any atom is -0.0776 e.